The van der Waals surface area contributed by atoms with E-state index < -0.39 is 14.4 Å². The van der Waals surface area contributed by atoms with Gasteiger partial charge in [0.05, 0.1) is 5.57 Å². The lowest BCUT2D eigenvalue weighted by molar-refractivity contribution is -0.142. The molecule has 0 saturated carbocycles. The van der Waals surface area contributed by atoms with Crippen LogP contribution in [-0.4, -0.2) is 26.5 Å². The number of carbonyl (C=O) groups excluding carboxylic acids is 1. The number of benzene rings is 1. The smallest absolute Gasteiger partial charge is 0.304 e. The van der Waals surface area contributed by atoms with E-state index in [1.165, 1.54) is 6.92 Å². The Hall–Kier alpha value is -2.27. The van der Waals surface area contributed by atoms with E-state index in [4.69, 9.17) is 9.16 Å². The van der Waals surface area contributed by atoms with E-state index in [9.17, 15) is 4.79 Å². The van der Waals surface area contributed by atoms with Crippen LogP contribution in [0.15, 0.2) is 35.9 Å². The summed E-state index contributed by atoms with van der Waals surface area (Å²) in [4.78, 5) is 11.6. The van der Waals surface area contributed by atoms with Gasteiger partial charge >= 0.3 is 5.97 Å². The highest BCUT2D eigenvalue weighted by atomic mass is 28.4. The second kappa shape index (κ2) is 9.97. The molecule has 1 aliphatic carbocycles. The molecule has 3 nitrogen and oxygen atoms in total. The molecule has 1 aromatic carbocycles. The lowest BCUT2D eigenvalue weighted by atomic mass is 10.0. The highest BCUT2D eigenvalue weighted by Gasteiger charge is 2.38. The third-order valence-electron chi connectivity index (χ3n) is 5.31. The molecule has 0 saturated heterocycles. The van der Waals surface area contributed by atoms with Crippen molar-refractivity contribution in [3.8, 4) is 23.7 Å². The van der Waals surface area contributed by atoms with Crippen molar-refractivity contribution in [1.29, 1.82) is 0 Å². The number of carbonyl (C=O) groups is 1. The summed E-state index contributed by atoms with van der Waals surface area (Å²) in [5.41, 5.74) is 1.68. The van der Waals surface area contributed by atoms with Crippen LogP contribution in [0.4, 0.5) is 0 Å². The standard InChI is InChI=1S/C25H32O3Si/c1-20(26)27-24-16-12-8-11-15-23(28-29(5,6)25(2,3)4)18-17-22(24)19-21-13-9-7-10-14-21/h7,9-10,13-14,19,23-24H,8,11,15H2,1-6H3/b22-19+. The Balaban J connectivity index is 2.42. The number of rotatable bonds is 4. The van der Waals surface area contributed by atoms with Crippen LogP contribution < -0.4 is 0 Å². The monoisotopic (exact) mass is 408 g/mol. The molecule has 29 heavy (non-hydrogen) atoms. The van der Waals surface area contributed by atoms with E-state index in [1.54, 1.807) is 0 Å². The zero-order valence-corrected chi connectivity index (χ0v) is 19.5. The van der Waals surface area contributed by atoms with E-state index in [0.29, 0.717) is 5.57 Å². The van der Waals surface area contributed by atoms with Crippen LogP contribution in [0.1, 0.15) is 52.5 Å². The lowest BCUT2D eigenvalue weighted by Crippen LogP contribution is -2.43. The number of ether oxygens (including phenoxy) is 1. The molecule has 1 aromatic rings. The van der Waals surface area contributed by atoms with E-state index in [1.807, 2.05) is 36.4 Å². The third kappa shape index (κ3) is 7.24. The molecule has 154 valence electrons. The van der Waals surface area contributed by atoms with Crippen LogP contribution in [-0.2, 0) is 14.0 Å². The van der Waals surface area contributed by atoms with Gasteiger partial charge in [0.1, 0.15) is 6.10 Å². The first-order chi connectivity index (χ1) is 13.6. The zero-order chi connectivity index (χ0) is 21.5. The number of hydrogen-bond acceptors (Lipinski definition) is 3. The topological polar surface area (TPSA) is 35.5 Å². The molecule has 0 amide bonds. The van der Waals surface area contributed by atoms with Gasteiger partial charge in [-0.05, 0) is 42.6 Å². The molecule has 0 aromatic heterocycles. The molecular weight excluding hydrogens is 376 g/mol. The van der Waals surface area contributed by atoms with Gasteiger partial charge in [0.2, 0.25) is 0 Å². The molecule has 0 bridgehead atoms. The fourth-order valence-corrected chi connectivity index (χ4v) is 3.88. The summed E-state index contributed by atoms with van der Waals surface area (Å²) in [5.74, 6) is 12.4. The van der Waals surface area contributed by atoms with Gasteiger partial charge in [-0.3, -0.25) is 4.79 Å². The average molecular weight is 409 g/mol. The van der Waals surface area contributed by atoms with Gasteiger partial charge in [0, 0.05) is 13.3 Å². The zero-order valence-electron chi connectivity index (χ0n) is 18.5. The molecule has 0 N–H and O–H groups in total. The van der Waals surface area contributed by atoms with E-state index in [2.05, 4.69) is 57.5 Å². The Morgan fingerprint density at radius 3 is 2.48 bits per heavy atom. The fourth-order valence-electron chi connectivity index (χ4n) is 2.64. The molecule has 0 aliphatic heterocycles. The minimum absolute atomic E-state index is 0.118. The van der Waals surface area contributed by atoms with Gasteiger partial charge in [-0.15, -0.1) is 0 Å². The van der Waals surface area contributed by atoms with Gasteiger partial charge in [-0.2, -0.15) is 0 Å². The van der Waals surface area contributed by atoms with Gasteiger partial charge in [-0.25, -0.2) is 0 Å². The van der Waals surface area contributed by atoms with Crippen LogP contribution >= 0.6 is 0 Å². The highest BCUT2D eigenvalue weighted by molar-refractivity contribution is 6.74. The maximum absolute atomic E-state index is 11.6. The van der Waals surface area contributed by atoms with Crippen LogP contribution in [0.3, 0.4) is 0 Å². The Morgan fingerprint density at radius 1 is 1.17 bits per heavy atom. The predicted molar refractivity (Wildman–Crippen MR) is 121 cm³/mol. The average Bonchev–Trinajstić information content (AvgIpc) is 2.62. The Kier molecular flexibility index (Phi) is 7.91. The summed E-state index contributed by atoms with van der Waals surface area (Å²) < 4.78 is 12.1. The Labute approximate surface area is 177 Å². The lowest BCUT2D eigenvalue weighted by Gasteiger charge is -2.38. The molecule has 2 rings (SSSR count). The summed E-state index contributed by atoms with van der Waals surface area (Å²) in [5, 5.41) is 0.118. The van der Waals surface area contributed by atoms with Crippen LogP contribution in [0, 0.1) is 23.7 Å². The van der Waals surface area contributed by atoms with Gasteiger partial charge in [0.15, 0.2) is 14.4 Å². The second-order valence-corrected chi connectivity index (χ2v) is 13.6. The van der Waals surface area contributed by atoms with Crippen molar-refractivity contribution in [2.24, 2.45) is 0 Å². The fraction of sp³-hybridized carbons (Fsp3) is 0.480. The van der Waals surface area contributed by atoms with Crippen LogP contribution in [0.2, 0.25) is 18.1 Å². The molecule has 2 atom stereocenters. The maximum Gasteiger partial charge on any atom is 0.304 e. The summed E-state index contributed by atoms with van der Waals surface area (Å²) in [6, 6.07) is 9.89. The van der Waals surface area contributed by atoms with Crippen molar-refractivity contribution in [1.82, 2.24) is 0 Å². The first-order valence-electron chi connectivity index (χ1n) is 10.2. The van der Waals surface area contributed by atoms with Crippen molar-refractivity contribution < 1.29 is 14.0 Å². The van der Waals surface area contributed by atoms with E-state index in [-0.39, 0.29) is 17.1 Å². The molecule has 0 heterocycles. The molecule has 4 heteroatoms. The molecule has 0 radical (unpaired) electrons. The second-order valence-electron chi connectivity index (χ2n) is 8.85. The van der Waals surface area contributed by atoms with Crippen molar-refractivity contribution in [3.63, 3.8) is 0 Å². The van der Waals surface area contributed by atoms with Crippen molar-refractivity contribution in [3.05, 3.63) is 41.5 Å². The first-order valence-corrected chi connectivity index (χ1v) is 13.1. The Morgan fingerprint density at radius 2 is 1.86 bits per heavy atom. The number of hydrogen-bond donors (Lipinski definition) is 0. The number of esters is 1. The first kappa shape index (κ1) is 23.0. The molecular formula is C25H32O3Si. The third-order valence-corrected chi connectivity index (χ3v) is 9.80. The van der Waals surface area contributed by atoms with Crippen LogP contribution in [0.25, 0.3) is 6.08 Å². The molecule has 0 spiro atoms. The minimum atomic E-state index is -1.94. The van der Waals surface area contributed by atoms with Gasteiger partial charge in [0.25, 0.3) is 0 Å². The molecule has 1 aliphatic rings. The molecule has 2 unspecified atom stereocenters. The SMILES string of the molecule is CC(=O)OC1C#CCCCC(O[Si](C)(C)C(C)(C)C)C#C/C1=C\c1ccccc1. The van der Waals surface area contributed by atoms with Crippen molar-refractivity contribution >= 4 is 20.4 Å². The normalized spacial score (nSPS) is 21.4. The minimum Gasteiger partial charge on any atom is -0.444 e. The quantitative estimate of drug-likeness (QED) is 0.370. The summed E-state index contributed by atoms with van der Waals surface area (Å²) in [6.07, 6.45) is 3.63. The van der Waals surface area contributed by atoms with Crippen LogP contribution in [0.5, 0.6) is 0 Å². The van der Waals surface area contributed by atoms with E-state index in [0.717, 1.165) is 24.8 Å². The van der Waals surface area contributed by atoms with Crippen molar-refractivity contribution in [2.45, 2.75) is 77.3 Å². The largest absolute Gasteiger partial charge is 0.444 e. The molecule has 0 fully saturated rings. The predicted octanol–water partition coefficient (Wildman–Crippen LogP) is 5.58. The highest BCUT2D eigenvalue weighted by Crippen LogP contribution is 2.37. The summed E-state index contributed by atoms with van der Waals surface area (Å²) >= 11 is 0. The van der Waals surface area contributed by atoms with Crippen molar-refractivity contribution in [2.75, 3.05) is 0 Å². The Bertz CT molecular complexity index is 855. The van der Waals surface area contributed by atoms with Gasteiger partial charge in [-0.1, -0.05) is 74.8 Å². The van der Waals surface area contributed by atoms with E-state index >= 15 is 0 Å². The summed E-state index contributed by atoms with van der Waals surface area (Å²) in [6.45, 7) is 12.6. The maximum atomic E-state index is 11.6. The summed E-state index contributed by atoms with van der Waals surface area (Å²) in [7, 11) is -1.94. The van der Waals surface area contributed by atoms with Gasteiger partial charge < -0.3 is 9.16 Å².